The van der Waals surface area contributed by atoms with Crippen molar-refractivity contribution in [3.63, 3.8) is 0 Å². The van der Waals surface area contributed by atoms with Crippen LogP contribution in [0.2, 0.25) is 0 Å². The second-order valence-electron chi connectivity index (χ2n) is 6.58. The Morgan fingerprint density at radius 1 is 1.14 bits per heavy atom. The lowest BCUT2D eigenvalue weighted by Gasteiger charge is -2.29. The van der Waals surface area contributed by atoms with Crippen LogP contribution >= 0.6 is 0 Å². The van der Waals surface area contributed by atoms with Crippen LogP contribution in [-0.4, -0.2) is 61.5 Å². The van der Waals surface area contributed by atoms with Crippen molar-refractivity contribution in [2.75, 3.05) is 13.2 Å². The summed E-state index contributed by atoms with van der Waals surface area (Å²) in [5, 5.41) is 10.7. The smallest absolute Gasteiger partial charge is 0.190 e. The second-order valence-corrected chi connectivity index (χ2v) is 6.58. The Balaban J connectivity index is 1.73. The van der Waals surface area contributed by atoms with E-state index in [4.69, 9.17) is 28.4 Å². The molecule has 0 saturated carbocycles. The molecule has 3 fully saturated rings. The van der Waals surface area contributed by atoms with Crippen LogP contribution in [0.5, 0.6) is 0 Å². The molecule has 3 saturated heterocycles. The van der Waals surface area contributed by atoms with E-state index in [0.29, 0.717) is 6.61 Å². The number of carboxylic acid groups (broad SMARTS) is 1. The highest BCUT2D eigenvalue weighted by molar-refractivity contribution is 5.65. The Morgan fingerprint density at radius 3 is 2.45 bits per heavy atom. The van der Waals surface area contributed by atoms with Crippen LogP contribution < -0.4 is 5.11 Å². The van der Waals surface area contributed by atoms with Gasteiger partial charge in [-0.05, 0) is 27.7 Å². The zero-order valence-corrected chi connectivity index (χ0v) is 13.1. The lowest BCUT2D eigenvalue weighted by molar-refractivity contribution is -0.312. The molecule has 3 aliphatic rings. The van der Waals surface area contributed by atoms with Gasteiger partial charge in [0, 0.05) is 0 Å². The lowest BCUT2D eigenvalue weighted by Crippen LogP contribution is -2.45. The number of hydrogen-bond acceptors (Lipinski definition) is 8. The minimum Gasteiger partial charge on any atom is -0.548 e. The monoisotopic (exact) mass is 317 g/mol. The van der Waals surface area contributed by atoms with Gasteiger partial charge in [-0.1, -0.05) is 0 Å². The fourth-order valence-electron chi connectivity index (χ4n) is 3.03. The highest BCUT2D eigenvalue weighted by atomic mass is 16.8. The summed E-state index contributed by atoms with van der Waals surface area (Å²) in [6.45, 7) is 6.90. The highest BCUT2D eigenvalue weighted by Gasteiger charge is 2.58. The normalized spacial score (nSPS) is 42.5. The molecule has 0 radical (unpaired) electrons. The van der Waals surface area contributed by atoms with Crippen molar-refractivity contribution in [1.29, 1.82) is 0 Å². The van der Waals surface area contributed by atoms with Gasteiger partial charge in [-0.15, -0.1) is 0 Å². The first-order chi connectivity index (χ1) is 10.2. The number of carbonyl (C=O) groups is 1. The van der Waals surface area contributed by atoms with Crippen LogP contribution in [0.25, 0.3) is 0 Å². The third kappa shape index (κ3) is 3.12. The zero-order chi connectivity index (χ0) is 16.1. The third-order valence-electron chi connectivity index (χ3n) is 3.82. The average molecular weight is 317 g/mol. The molecule has 3 aliphatic heterocycles. The number of rotatable bonds is 4. The van der Waals surface area contributed by atoms with Crippen molar-refractivity contribution in [2.45, 2.75) is 70.0 Å². The molecule has 5 atom stereocenters. The SMILES string of the molecule is CC1(C)O[C@H]2O[C@H]([C@H]3COC(C)(C)O3)[C@H](OCC(=O)[O-])[C@H]2O1. The highest BCUT2D eigenvalue weighted by Crippen LogP contribution is 2.41. The first-order valence-corrected chi connectivity index (χ1v) is 7.31. The predicted octanol–water partition coefficient (Wildman–Crippen LogP) is -0.851. The Hall–Kier alpha value is -0.770. The molecular formula is C14H21O8-. The quantitative estimate of drug-likeness (QED) is 0.661. The molecule has 0 spiro atoms. The van der Waals surface area contributed by atoms with E-state index in [1.54, 1.807) is 27.7 Å². The van der Waals surface area contributed by atoms with Crippen LogP contribution in [0.3, 0.4) is 0 Å². The Labute approximate surface area is 128 Å². The minimum absolute atomic E-state index is 0.325. The molecule has 22 heavy (non-hydrogen) atoms. The van der Waals surface area contributed by atoms with E-state index in [2.05, 4.69) is 0 Å². The van der Waals surface area contributed by atoms with Crippen LogP contribution in [0.15, 0.2) is 0 Å². The van der Waals surface area contributed by atoms with Gasteiger partial charge in [0.2, 0.25) is 0 Å². The maximum absolute atomic E-state index is 10.7. The average Bonchev–Trinajstić information content (AvgIpc) is 2.96. The van der Waals surface area contributed by atoms with E-state index < -0.39 is 48.8 Å². The maximum atomic E-state index is 10.7. The topological polar surface area (TPSA) is 95.5 Å². The largest absolute Gasteiger partial charge is 0.548 e. The number of aliphatic carboxylic acids is 1. The maximum Gasteiger partial charge on any atom is 0.190 e. The van der Waals surface area contributed by atoms with Crippen LogP contribution in [-0.2, 0) is 33.2 Å². The zero-order valence-electron chi connectivity index (χ0n) is 13.1. The number of hydrogen-bond donors (Lipinski definition) is 0. The van der Waals surface area contributed by atoms with E-state index in [1.165, 1.54) is 0 Å². The lowest BCUT2D eigenvalue weighted by atomic mass is 10.1. The summed E-state index contributed by atoms with van der Waals surface area (Å²) in [7, 11) is 0. The number of ether oxygens (including phenoxy) is 6. The molecule has 8 nitrogen and oxygen atoms in total. The molecule has 3 rings (SSSR count). The molecule has 0 aromatic carbocycles. The van der Waals surface area contributed by atoms with Gasteiger partial charge in [0.05, 0.1) is 19.2 Å². The van der Waals surface area contributed by atoms with Gasteiger partial charge in [-0.3, -0.25) is 0 Å². The van der Waals surface area contributed by atoms with Crippen molar-refractivity contribution in [3.05, 3.63) is 0 Å². The fourth-order valence-corrected chi connectivity index (χ4v) is 3.03. The molecule has 8 heteroatoms. The molecule has 0 aromatic heterocycles. The van der Waals surface area contributed by atoms with E-state index in [-0.39, 0.29) is 6.10 Å². The summed E-state index contributed by atoms with van der Waals surface area (Å²) < 4.78 is 34.1. The Kier molecular flexibility index (Phi) is 3.95. The summed E-state index contributed by atoms with van der Waals surface area (Å²) in [5.74, 6) is -2.83. The second kappa shape index (κ2) is 5.40. The molecule has 0 amide bonds. The molecule has 0 N–H and O–H groups in total. The first kappa shape index (κ1) is 16.1. The number of fused-ring (bicyclic) bond motifs is 1. The van der Waals surface area contributed by atoms with Crippen LogP contribution in [0.4, 0.5) is 0 Å². The molecule has 0 aromatic rings. The fraction of sp³-hybridized carbons (Fsp3) is 0.929. The molecule has 0 unspecified atom stereocenters. The van der Waals surface area contributed by atoms with Gasteiger partial charge in [-0.25, -0.2) is 0 Å². The van der Waals surface area contributed by atoms with Gasteiger partial charge in [0.25, 0.3) is 0 Å². The summed E-state index contributed by atoms with van der Waals surface area (Å²) in [6.07, 6.45) is -2.70. The van der Waals surface area contributed by atoms with Crippen molar-refractivity contribution in [1.82, 2.24) is 0 Å². The van der Waals surface area contributed by atoms with Gasteiger partial charge in [0.15, 0.2) is 17.9 Å². The van der Waals surface area contributed by atoms with Gasteiger partial charge >= 0.3 is 0 Å². The Bertz CT molecular complexity index is 448. The van der Waals surface area contributed by atoms with E-state index in [9.17, 15) is 9.90 Å². The van der Waals surface area contributed by atoms with Gasteiger partial charge in [0.1, 0.15) is 24.4 Å². The van der Waals surface area contributed by atoms with Crippen LogP contribution in [0.1, 0.15) is 27.7 Å². The first-order valence-electron chi connectivity index (χ1n) is 7.31. The molecule has 0 aliphatic carbocycles. The number of carbonyl (C=O) groups excluding carboxylic acids is 1. The summed E-state index contributed by atoms with van der Waals surface area (Å²) in [4.78, 5) is 10.7. The summed E-state index contributed by atoms with van der Waals surface area (Å²) >= 11 is 0. The van der Waals surface area contributed by atoms with Gasteiger partial charge < -0.3 is 38.3 Å². The van der Waals surface area contributed by atoms with Crippen molar-refractivity contribution in [3.8, 4) is 0 Å². The predicted molar refractivity (Wildman–Crippen MR) is 68.3 cm³/mol. The molecule has 126 valence electrons. The summed E-state index contributed by atoms with van der Waals surface area (Å²) in [5.41, 5.74) is 0. The van der Waals surface area contributed by atoms with Crippen molar-refractivity contribution >= 4 is 5.97 Å². The van der Waals surface area contributed by atoms with Gasteiger partial charge in [-0.2, -0.15) is 0 Å². The minimum atomic E-state index is -1.30. The summed E-state index contributed by atoms with van der Waals surface area (Å²) in [6, 6.07) is 0. The standard InChI is InChI=1S/C14H22O8/c1-13(2)18-5-7(20-13)9-10(17-6-8(15)16)11-12(19-9)22-14(3,4)21-11/h7,9-12H,5-6H2,1-4H3,(H,15,16)/p-1/t7-,9-,10+,11-,12-/m1/s1. The molecule has 3 heterocycles. The van der Waals surface area contributed by atoms with Crippen LogP contribution in [0, 0.1) is 0 Å². The van der Waals surface area contributed by atoms with Crippen molar-refractivity contribution < 1.29 is 38.3 Å². The van der Waals surface area contributed by atoms with E-state index in [1.807, 2.05) is 0 Å². The Morgan fingerprint density at radius 2 is 1.86 bits per heavy atom. The molecular weight excluding hydrogens is 296 g/mol. The molecule has 0 bridgehead atoms. The third-order valence-corrected chi connectivity index (χ3v) is 3.82. The van der Waals surface area contributed by atoms with E-state index in [0.717, 1.165) is 0 Å². The van der Waals surface area contributed by atoms with E-state index >= 15 is 0 Å². The number of carboxylic acids is 1. The van der Waals surface area contributed by atoms with Crippen molar-refractivity contribution in [2.24, 2.45) is 0 Å².